The summed E-state index contributed by atoms with van der Waals surface area (Å²) in [5.74, 6) is -0.0729. The highest BCUT2D eigenvalue weighted by Crippen LogP contribution is 2.30. The molecule has 2 aromatic carbocycles. The molecule has 1 aliphatic carbocycles. The fourth-order valence-corrected chi connectivity index (χ4v) is 4.66. The van der Waals surface area contributed by atoms with Gasteiger partial charge in [0, 0.05) is 30.3 Å². The first-order chi connectivity index (χ1) is 13.8. The Morgan fingerprint density at radius 1 is 1.14 bits per heavy atom. The van der Waals surface area contributed by atoms with Crippen LogP contribution in [-0.2, 0) is 10.0 Å². The quantitative estimate of drug-likeness (QED) is 0.547. The Morgan fingerprint density at radius 2 is 1.79 bits per heavy atom. The molecule has 0 fully saturated rings. The molecule has 0 unspecified atom stereocenters. The van der Waals surface area contributed by atoms with Gasteiger partial charge in [-0.15, -0.1) is 0 Å². The number of hydrazone groups is 1. The van der Waals surface area contributed by atoms with Crippen molar-refractivity contribution in [2.24, 2.45) is 5.10 Å². The lowest BCUT2D eigenvalue weighted by atomic mass is 10.1. The summed E-state index contributed by atoms with van der Waals surface area (Å²) >= 11 is 0. The van der Waals surface area contributed by atoms with E-state index in [1.807, 2.05) is 0 Å². The zero-order valence-electron chi connectivity index (χ0n) is 16.0. The molecule has 1 N–H and O–H groups in total. The van der Waals surface area contributed by atoms with Gasteiger partial charge in [0.1, 0.15) is 5.69 Å². The molecule has 1 aliphatic rings. The number of nitro groups is 1. The second kappa shape index (κ2) is 8.10. The monoisotopic (exact) mass is 416 g/mol. The van der Waals surface area contributed by atoms with Crippen molar-refractivity contribution >= 4 is 32.9 Å². The normalized spacial score (nSPS) is 15.0. The molecule has 0 spiro atoms. The molecule has 0 saturated carbocycles. The lowest BCUT2D eigenvalue weighted by molar-refractivity contribution is -0.384. The van der Waals surface area contributed by atoms with Crippen molar-refractivity contribution in [1.82, 2.24) is 4.31 Å². The number of benzene rings is 2. The predicted octanol–water partition coefficient (Wildman–Crippen LogP) is 3.03. The summed E-state index contributed by atoms with van der Waals surface area (Å²) in [6.07, 6.45) is 0.0918. The summed E-state index contributed by atoms with van der Waals surface area (Å²) in [5, 5.41) is 15.7. The van der Waals surface area contributed by atoms with Crippen LogP contribution in [0.15, 0.2) is 52.5 Å². The Hall–Kier alpha value is -3.11. The second-order valence-electron chi connectivity index (χ2n) is 6.34. The molecular formula is C19H20N4O5S. The van der Waals surface area contributed by atoms with E-state index in [4.69, 9.17) is 0 Å². The maximum atomic E-state index is 12.6. The first-order valence-electron chi connectivity index (χ1n) is 9.03. The van der Waals surface area contributed by atoms with E-state index in [9.17, 15) is 23.3 Å². The number of anilines is 1. The van der Waals surface area contributed by atoms with Gasteiger partial charge in [-0.1, -0.05) is 38.1 Å². The molecule has 0 aliphatic heterocycles. The van der Waals surface area contributed by atoms with Crippen molar-refractivity contribution in [2.45, 2.75) is 25.2 Å². The van der Waals surface area contributed by atoms with Gasteiger partial charge in [-0.2, -0.15) is 9.41 Å². The molecule has 0 atom stereocenters. The lowest BCUT2D eigenvalue weighted by Crippen LogP contribution is -2.30. The van der Waals surface area contributed by atoms with Crippen molar-refractivity contribution in [1.29, 1.82) is 0 Å². The number of hydrogen-bond donors (Lipinski definition) is 1. The largest absolute Gasteiger partial charge is 0.295 e. The van der Waals surface area contributed by atoms with E-state index >= 15 is 0 Å². The molecule has 2 aromatic rings. The van der Waals surface area contributed by atoms with Gasteiger partial charge in [0.15, 0.2) is 5.78 Å². The molecule has 0 radical (unpaired) electrons. The molecular weight excluding hydrogens is 396 g/mol. The molecule has 0 aromatic heterocycles. The number of Topliss-reactive ketones (excluding diaryl/α,β-unsaturated/α-hetero) is 1. The van der Waals surface area contributed by atoms with Gasteiger partial charge in [0.25, 0.3) is 5.69 Å². The van der Waals surface area contributed by atoms with Crippen LogP contribution in [0.4, 0.5) is 11.4 Å². The van der Waals surface area contributed by atoms with Gasteiger partial charge < -0.3 is 0 Å². The minimum absolute atomic E-state index is 0.0397. The number of rotatable bonds is 7. The molecule has 29 heavy (non-hydrogen) atoms. The summed E-state index contributed by atoms with van der Waals surface area (Å²) in [6.45, 7) is 3.91. The Morgan fingerprint density at radius 3 is 2.41 bits per heavy atom. The molecule has 0 heterocycles. The molecule has 0 saturated heterocycles. The third kappa shape index (κ3) is 3.89. The minimum atomic E-state index is -3.83. The zero-order chi connectivity index (χ0) is 21.2. The number of fused-ring (bicyclic) bond motifs is 1. The highest BCUT2D eigenvalue weighted by atomic mass is 32.2. The van der Waals surface area contributed by atoms with Crippen LogP contribution in [0.3, 0.4) is 0 Å². The average Bonchev–Trinajstić information content (AvgIpc) is 3.03. The van der Waals surface area contributed by atoms with E-state index in [2.05, 4.69) is 10.5 Å². The van der Waals surface area contributed by atoms with Gasteiger partial charge in [0.2, 0.25) is 10.0 Å². The van der Waals surface area contributed by atoms with E-state index in [0.29, 0.717) is 16.8 Å². The van der Waals surface area contributed by atoms with Crippen LogP contribution in [0.1, 0.15) is 36.2 Å². The van der Waals surface area contributed by atoms with E-state index in [-0.39, 0.29) is 35.9 Å². The van der Waals surface area contributed by atoms with Crippen molar-refractivity contribution in [2.75, 3.05) is 18.5 Å². The first-order valence-corrected chi connectivity index (χ1v) is 10.5. The van der Waals surface area contributed by atoms with Crippen LogP contribution in [0.25, 0.3) is 0 Å². The van der Waals surface area contributed by atoms with Crippen LogP contribution in [0.5, 0.6) is 0 Å². The Labute approximate surface area is 168 Å². The van der Waals surface area contributed by atoms with Gasteiger partial charge in [-0.05, 0) is 12.1 Å². The standard InChI is InChI=1S/C19H20N4O5S/c1-3-22(4-2)29(27,28)13-9-10-16(18(11-13)23(25)26)20-21-17-12-19(24)15-8-6-5-7-14(15)17/h5-11,20H,3-4,12H2,1-2H3/b21-17+. The molecule has 152 valence electrons. The number of carbonyl (C=O) groups is 1. The smallest absolute Gasteiger partial charge is 0.294 e. The topological polar surface area (TPSA) is 122 Å². The number of hydrogen-bond acceptors (Lipinski definition) is 7. The number of carbonyl (C=O) groups excluding carboxylic acids is 1. The van der Waals surface area contributed by atoms with Gasteiger partial charge >= 0.3 is 0 Å². The van der Waals surface area contributed by atoms with Crippen molar-refractivity contribution in [3.63, 3.8) is 0 Å². The number of nitro benzene ring substituents is 1. The zero-order valence-corrected chi connectivity index (χ0v) is 16.8. The Kier molecular flexibility index (Phi) is 5.76. The van der Waals surface area contributed by atoms with Crippen molar-refractivity contribution < 1.29 is 18.1 Å². The second-order valence-corrected chi connectivity index (χ2v) is 8.28. The highest BCUT2D eigenvalue weighted by Gasteiger charge is 2.27. The van der Waals surface area contributed by atoms with Crippen LogP contribution in [0.2, 0.25) is 0 Å². The number of ketones is 1. The average molecular weight is 416 g/mol. The SMILES string of the molecule is CCN(CC)S(=O)(=O)c1ccc(N/N=C2\CC(=O)c3ccccc32)c([N+](=O)[O-])c1. The van der Waals surface area contributed by atoms with E-state index in [1.165, 1.54) is 16.4 Å². The van der Waals surface area contributed by atoms with Crippen molar-refractivity contribution in [3.8, 4) is 0 Å². The van der Waals surface area contributed by atoms with E-state index in [0.717, 1.165) is 6.07 Å². The molecule has 0 bridgehead atoms. The predicted molar refractivity (Wildman–Crippen MR) is 109 cm³/mol. The maximum Gasteiger partial charge on any atom is 0.295 e. The fourth-order valence-electron chi connectivity index (χ4n) is 3.18. The molecule has 10 heteroatoms. The van der Waals surface area contributed by atoms with E-state index < -0.39 is 20.6 Å². The van der Waals surface area contributed by atoms with Crippen LogP contribution < -0.4 is 5.43 Å². The van der Waals surface area contributed by atoms with Gasteiger partial charge in [-0.25, -0.2) is 8.42 Å². The lowest BCUT2D eigenvalue weighted by Gasteiger charge is -2.18. The third-order valence-electron chi connectivity index (χ3n) is 4.69. The maximum absolute atomic E-state index is 12.6. The molecule has 0 amide bonds. The fraction of sp³-hybridized carbons (Fsp3) is 0.263. The molecule has 3 rings (SSSR count). The molecule has 9 nitrogen and oxygen atoms in total. The third-order valence-corrected chi connectivity index (χ3v) is 6.73. The number of nitrogens with zero attached hydrogens (tertiary/aromatic N) is 3. The van der Waals surface area contributed by atoms with E-state index in [1.54, 1.807) is 38.1 Å². The highest BCUT2D eigenvalue weighted by molar-refractivity contribution is 7.89. The number of sulfonamides is 1. The summed E-state index contributed by atoms with van der Waals surface area (Å²) in [5.41, 5.74) is 3.95. The Bertz CT molecular complexity index is 1110. The van der Waals surface area contributed by atoms with Crippen LogP contribution >= 0.6 is 0 Å². The number of nitrogens with one attached hydrogen (secondary N) is 1. The summed E-state index contributed by atoms with van der Waals surface area (Å²) in [7, 11) is -3.83. The summed E-state index contributed by atoms with van der Waals surface area (Å²) < 4.78 is 26.5. The Balaban J connectivity index is 1.96. The summed E-state index contributed by atoms with van der Waals surface area (Å²) in [6, 6.07) is 10.6. The van der Waals surface area contributed by atoms with Crippen molar-refractivity contribution in [3.05, 3.63) is 63.7 Å². The minimum Gasteiger partial charge on any atom is -0.294 e. The van der Waals surface area contributed by atoms with Crippen LogP contribution in [-0.4, -0.2) is 42.2 Å². The van der Waals surface area contributed by atoms with Crippen LogP contribution in [0, 0.1) is 10.1 Å². The van der Waals surface area contributed by atoms with Gasteiger partial charge in [0.05, 0.1) is 22.0 Å². The summed E-state index contributed by atoms with van der Waals surface area (Å²) in [4.78, 5) is 22.7. The van der Waals surface area contributed by atoms with Gasteiger partial charge in [-0.3, -0.25) is 20.3 Å². The first kappa shape index (κ1) is 20.6.